The van der Waals surface area contributed by atoms with Gasteiger partial charge in [-0.3, -0.25) is 4.79 Å². The largest absolute Gasteiger partial charge is 0.361 e. The molecule has 1 aromatic rings. The third-order valence-electron chi connectivity index (χ3n) is 3.71. The van der Waals surface area contributed by atoms with Crippen molar-refractivity contribution in [2.45, 2.75) is 33.1 Å². The lowest BCUT2D eigenvalue weighted by Crippen LogP contribution is -2.42. The number of carbonyl (C=O) groups is 1. The summed E-state index contributed by atoms with van der Waals surface area (Å²) < 4.78 is 5.09. The number of hydrogen-bond donors (Lipinski definition) is 1. The maximum absolute atomic E-state index is 12.2. The lowest BCUT2D eigenvalue weighted by Gasteiger charge is -2.32. The van der Waals surface area contributed by atoms with Gasteiger partial charge in [-0.2, -0.15) is 0 Å². The Balaban J connectivity index is 1.99. The number of piperidine rings is 1. The highest BCUT2D eigenvalue weighted by Gasteiger charge is 2.24. The van der Waals surface area contributed by atoms with Crippen molar-refractivity contribution in [3.8, 4) is 0 Å². The number of hydrogen-bond acceptors (Lipinski definition) is 4. The first-order valence-corrected chi connectivity index (χ1v) is 6.51. The van der Waals surface area contributed by atoms with Gasteiger partial charge in [0.15, 0.2) is 0 Å². The predicted octanol–water partition coefficient (Wildman–Crippen LogP) is 1.03. The lowest BCUT2D eigenvalue weighted by atomic mass is 9.97. The van der Waals surface area contributed by atoms with Crippen LogP contribution in [0.3, 0.4) is 0 Å². The minimum Gasteiger partial charge on any atom is -0.361 e. The summed E-state index contributed by atoms with van der Waals surface area (Å²) in [5, 5.41) is 3.88. The molecule has 0 radical (unpaired) electrons. The quantitative estimate of drug-likeness (QED) is 0.871. The van der Waals surface area contributed by atoms with Crippen molar-refractivity contribution in [3.05, 3.63) is 17.0 Å². The number of carbonyl (C=O) groups excluding carboxylic acids is 1. The number of aryl methyl sites for hydroxylation is 2. The monoisotopic (exact) mass is 251 g/mol. The Morgan fingerprint density at radius 3 is 2.94 bits per heavy atom. The van der Waals surface area contributed by atoms with Crippen LogP contribution in [0.5, 0.6) is 0 Å². The van der Waals surface area contributed by atoms with Crippen LogP contribution in [0.15, 0.2) is 4.52 Å². The number of nitrogens with zero attached hydrogens (tertiary/aromatic N) is 2. The molecule has 5 nitrogen and oxygen atoms in total. The first kappa shape index (κ1) is 13.1. The van der Waals surface area contributed by atoms with Crippen LogP contribution in [0.2, 0.25) is 0 Å². The van der Waals surface area contributed by atoms with Gasteiger partial charge >= 0.3 is 0 Å². The minimum atomic E-state index is 0.155. The Kier molecular flexibility index (Phi) is 4.01. The molecule has 0 saturated carbocycles. The van der Waals surface area contributed by atoms with E-state index in [9.17, 15) is 4.79 Å². The first-order chi connectivity index (χ1) is 8.61. The van der Waals surface area contributed by atoms with Crippen LogP contribution in [-0.4, -0.2) is 35.6 Å². The van der Waals surface area contributed by atoms with E-state index < -0.39 is 0 Å². The van der Waals surface area contributed by atoms with E-state index in [1.165, 1.54) is 0 Å². The van der Waals surface area contributed by atoms with Gasteiger partial charge < -0.3 is 15.2 Å². The molecule has 1 amide bonds. The molecule has 1 aromatic heterocycles. The number of rotatable bonds is 3. The lowest BCUT2D eigenvalue weighted by molar-refractivity contribution is -0.132. The molecule has 0 aromatic carbocycles. The van der Waals surface area contributed by atoms with Gasteiger partial charge in [0.2, 0.25) is 5.91 Å². The molecule has 1 saturated heterocycles. The van der Waals surface area contributed by atoms with Gasteiger partial charge in [0.25, 0.3) is 0 Å². The highest BCUT2D eigenvalue weighted by Crippen LogP contribution is 2.18. The zero-order chi connectivity index (χ0) is 13.1. The summed E-state index contributed by atoms with van der Waals surface area (Å²) in [5.74, 6) is 1.35. The maximum Gasteiger partial charge on any atom is 0.227 e. The zero-order valence-electron chi connectivity index (χ0n) is 11.1. The van der Waals surface area contributed by atoms with Crippen molar-refractivity contribution in [1.82, 2.24) is 10.1 Å². The average Bonchev–Trinajstić information content (AvgIpc) is 2.70. The second-order valence-electron chi connectivity index (χ2n) is 5.06. The van der Waals surface area contributed by atoms with E-state index in [0.29, 0.717) is 18.9 Å². The van der Waals surface area contributed by atoms with E-state index in [-0.39, 0.29) is 5.91 Å². The minimum absolute atomic E-state index is 0.155. The van der Waals surface area contributed by atoms with Gasteiger partial charge in [0.1, 0.15) is 5.76 Å². The maximum atomic E-state index is 12.2. The Hall–Kier alpha value is -1.36. The van der Waals surface area contributed by atoms with E-state index in [1.54, 1.807) is 0 Å². The average molecular weight is 251 g/mol. The number of aromatic nitrogens is 1. The predicted molar refractivity (Wildman–Crippen MR) is 68.0 cm³/mol. The summed E-state index contributed by atoms with van der Waals surface area (Å²) in [5.41, 5.74) is 7.43. The number of amides is 1. The van der Waals surface area contributed by atoms with Crippen molar-refractivity contribution in [1.29, 1.82) is 0 Å². The second kappa shape index (κ2) is 5.52. The van der Waals surface area contributed by atoms with Crippen molar-refractivity contribution < 1.29 is 9.32 Å². The van der Waals surface area contributed by atoms with Crippen molar-refractivity contribution in [2.75, 3.05) is 19.6 Å². The van der Waals surface area contributed by atoms with E-state index in [4.69, 9.17) is 10.3 Å². The molecular formula is C13H21N3O2. The summed E-state index contributed by atoms with van der Waals surface area (Å²) in [6, 6.07) is 0. The normalized spacial score (nSPS) is 20.2. The van der Waals surface area contributed by atoms with Crippen LogP contribution >= 0.6 is 0 Å². The molecule has 2 N–H and O–H groups in total. The Morgan fingerprint density at radius 1 is 1.56 bits per heavy atom. The molecule has 1 fully saturated rings. The smallest absolute Gasteiger partial charge is 0.227 e. The van der Waals surface area contributed by atoms with Gasteiger partial charge in [-0.05, 0) is 39.2 Å². The molecule has 1 atom stereocenters. The topological polar surface area (TPSA) is 72.4 Å². The molecule has 1 unspecified atom stereocenters. The van der Waals surface area contributed by atoms with Crippen LogP contribution in [0.1, 0.15) is 29.9 Å². The van der Waals surface area contributed by atoms with Crippen LogP contribution in [0.4, 0.5) is 0 Å². The number of likely N-dealkylation sites (tertiary alicyclic amines) is 1. The standard InChI is InChI=1S/C13H21N3O2/c1-9-12(10(2)18-15-9)6-13(17)16-5-3-4-11(7-14)8-16/h11H,3-8,14H2,1-2H3. The molecule has 5 heteroatoms. The Labute approximate surface area is 107 Å². The van der Waals surface area contributed by atoms with Crippen LogP contribution < -0.4 is 5.73 Å². The van der Waals surface area contributed by atoms with Gasteiger partial charge in [0, 0.05) is 18.7 Å². The van der Waals surface area contributed by atoms with E-state index in [0.717, 1.165) is 42.9 Å². The third kappa shape index (κ3) is 2.72. The summed E-state index contributed by atoms with van der Waals surface area (Å²) in [4.78, 5) is 14.2. The van der Waals surface area contributed by atoms with Crippen LogP contribution in [0, 0.1) is 19.8 Å². The summed E-state index contributed by atoms with van der Waals surface area (Å²) >= 11 is 0. The first-order valence-electron chi connectivity index (χ1n) is 6.51. The zero-order valence-corrected chi connectivity index (χ0v) is 11.1. The number of nitrogens with two attached hydrogens (primary N) is 1. The van der Waals surface area contributed by atoms with Crippen molar-refractivity contribution in [3.63, 3.8) is 0 Å². The molecule has 2 rings (SSSR count). The van der Waals surface area contributed by atoms with Gasteiger partial charge in [-0.25, -0.2) is 0 Å². The van der Waals surface area contributed by atoms with E-state index in [2.05, 4.69) is 5.16 Å². The Morgan fingerprint density at radius 2 is 2.33 bits per heavy atom. The van der Waals surface area contributed by atoms with Crippen molar-refractivity contribution in [2.24, 2.45) is 11.7 Å². The molecule has 2 heterocycles. The molecule has 18 heavy (non-hydrogen) atoms. The van der Waals surface area contributed by atoms with E-state index >= 15 is 0 Å². The van der Waals surface area contributed by atoms with E-state index in [1.807, 2.05) is 18.7 Å². The van der Waals surface area contributed by atoms with Gasteiger partial charge in [-0.1, -0.05) is 5.16 Å². The fourth-order valence-electron chi connectivity index (χ4n) is 2.50. The van der Waals surface area contributed by atoms with Gasteiger partial charge in [0.05, 0.1) is 12.1 Å². The summed E-state index contributed by atoms with van der Waals surface area (Å²) in [6.45, 7) is 6.02. The Bertz CT molecular complexity index is 408. The molecule has 100 valence electrons. The van der Waals surface area contributed by atoms with Crippen LogP contribution in [-0.2, 0) is 11.2 Å². The fourth-order valence-corrected chi connectivity index (χ4v) is 2.50. The summed E-state index contributed by atoms with van der Waals surface area (Å²) in [7, 11) is 0. The molecular weight excluding hydrogens is 230 g/mol. The van der Waals surface area contributed by atoms with Crippen LogP contribution in [0.25, 0.3) is 0 Å². The van der Waals surface area contributed by atoms with Gasteiger partial charge in [-0.15, -0.1) is 0 Å². The highest BCUT2D eigenvalue weighted by molar-refractivity contribution is 5.79. The highest BCUT2D eigenvalue weighted by atomic mass is 16.5. The molecule has 0 spiro atoms. The molecule has 0 bridgehead atoms. The molecule has 1 aliphatic rings. The molecule has 1 aliphatic heterocycles. The third-order valence-corrected chi connectivity index (χ3v) is 3.71. The SMILES string of the molecule is Cc1noc(C)c1CC(=O)N1CCCC(CN)C1. The molecule has 0 aliphatic carbocycles. The fraction of sp³-hybridized carbons (Fsp3) is 0.692. The second-order valence-corrected chi connectivity index (χ2v) is 5.06. The summed E-state index contributed by atoms with van der Waals surface area (Å²) in [6.07, 6.45) is 2.57. The van der Waals surface area contributed by atoms with Crippen molar-refractivity contribution >= 4 is 5.91 Å².